The Hall–Kier alpha value is -0.960. The highest BCUT2D eigenvalue weighted by molar-refractivity contribution is 5.33. The molecule has 50 heavy (non-hydrogen) atoms. The van der Waals surface area contributed by atoms with Crippen molar-refractivity contribution in [2.75, 3.05) is 13.2 Å². The van der Waals surface area contributed by atoms with Gasteiger partial charge in [-0.05, 0) is 112 Å². The fourth-order valence-corrected chi connectivity index (χ4v) is 11.3. The SMILES string of the molecule is C[C@H]1CC[C@@H]([C@@H](C)[C@]2(C)CCC3C2=CCC2C3CC=C3C[C@@H](O[C@@H]4O[C@H](CO)[C@@H](O)[C@H](O)[C@H]4O[C@@H]4O[C@@H](C)[C@H](O)[C@@H](O)[C@H]4O)CC[C@@]32C)NC1. The second-order valence-corrected chi connectivity index (χ2v) is 17.6. The zero-order chi connectivity index (χ0) is 35.7. The third-order valence-corrected chi connectivity index (χ3v) is 14.8. The fourth-order valence-electron chi connectivity index (χ4n) is 11.3. The third-order valence-electron chi connectivity index (χ3n) is 14.8. The molecule has 0 amide bonds. The van der Waals surface area contributed by atoms with Crippen LogP contribution >= 0.6 is 0 Å². The van der Waals surface area contributed by atoms with Crippen molar-refractivity contribution >= 4 is 0 Å². The molecule has 0 spiro atoms. The number of aliphatic hydroxyl groups is 6. The average Bonchev–Trinajstić information content (AvgIpc) is 3.46. The van der Waals surface area contributed by atoms with Crippen LogP contribution in [0.5, 0.6) is 0 Å². The lowest BCUT2D eigenvalue weighted by atomic mass is 9.51. The molecular formula is C39H63NO10. The lowest BCUT2D eigenvalue weighted by Gasteiger charge is -2.55. The zero-order valence-electron chi connectivity index (χ0n) is 30.6. The van der Waals surface area contributed by atoms with E-state index in [1.165, 1.54) is 31.3 Å². The molecule has 11 nitrogen and oxygen atoms in total. The van der Waals surface area contributed by atoms with Crippen LogP contribution in [0.4, 0.5) is 0 Å². The Morgan fingerprint density at radius 1 is 0.860 bits per heavy atom. The van der Waals surface area contributed by atoms with Crippen molar-refractivity contribution in [1.82, 2.24) is 5.32 Å². The molecule has 5 fully saturated rings. The standard InChI is InChI=1S/C39H63NO10/c1-19-6-11-28(40-17-19)20(2)38(4)15-13-25-24-8-7-22-16-23(12-14-39(22,5)27(24)10-9-26(25)38)48-37-35(33(45)31(43)29(18-41)49-37)50-36-34(46)32(44)30(42)21(3)47-36/h7,9,19-21,23-25,27-37,40-46H,6,8,10-18H2,1-5H3/t19-,20+,21-,23-,24?,25?,27?,28-,29+,30-,31+,32+,33-,34+,35+,36-,37+,38-,39-/m0/s1. The Morgan fingerprint density at radius 3 is 2.36 bits per heavy atom. The first-order chi connectivity index (χ1) is 23.8. The molecule has 3 unspecified atom stereocenters. The minimum Gasteiger partial charge on any atom is -0.394 e. The van der Waals surface area contributed by atoms with Crippen molar-refractivity contribution in [3.63, 3.8) is 0 Å². The molecule has 0 aromatic rings. The molecule has 0 aromatic heterocycles. The summed E-state index contributed by atoms with van der Waals surface area (Å²) in [6.07, 6.45) is 1.39. The summed E-state index contributed by atoms with van der Waals surface area (Å²) in [6, 6.07) is 0.595. The van der Waals surface area contributed by atoms with E-state index in [-0.39, 0.29) is 16.9 Å². The summed E-state index contributed by atoms with van der Waals surface area (Å²) in [4.78, 5) is 0. The molecule has 19 atom stereocenters. The molecule has 11 heteroatoms. The maximum Gasteiger partial charge on any atom is 0.187 e. The molecule has 284 valence electrons. The van der Waals surface area contributed by atoms with Crippen molar-refractivity contribution in [2.24, 2.45) is 40.4 Å². The first-order valence-electron chi connectivity index (χ1n) is 19.5. The van der Waals surface area contributed by atoms with Gasteiger partial charge in [-0.2, -0.15) is 0 Å². The van der Waals surface area contributed by atoms with Crippen LogP contribution in [0.1, 0.15) is 92.4 Å². The highest BCUT2D eigenvalue weighted by Crippen LogP contribution is 2.64. The number of piperidine rings is 1. The molecule has 7 aliphatic rings. The van der Waals surface area contributed by atoms with Crippen LogP contribution in [-0.4, -0.2) is 117 Å². The van der Waals surface area contributed by atoms with Crippen molar-refractivity contribution in [3.05, 3.63) is 23.3 Å². The molecular weight excluding hydrogens is 642 g/mol. The normalized spacial score (nSPS) is 53.0. The summed E-state index contributed by atoms with van der Waals surface area (Å²) in [5, 5.41) is 66.7. The fraction of sp³-hybridized carbons (Fsp3) is 0.897. The van der Waals surface area contributed by atoms with Gasteiger partial charge in [0, 0.05) is 6.04 Å². The highest BCUT2D eigenvalue weighted by atomic mass is 16.8. The summed E-state index contributed by atoms with van der Waals surface area (Å²) >= 11 is 0. The van der Waals surface area contributed by atoms with E-state index in [1.54, 1.807) is 12.5 Å². The van der Waals surface area contributed by atoms with E-state index in [2.05, 4.69) is 45.2 Å². The predicted molar refractivity (Wildman–Crippen MR) is 184 cm³/mol. The van der Waals surface area contributed by atoms with E-state index in [1.807, 2.05) is 0 Å². The second kappa shape index (κ2) is 14.4. The van der Waals surface area contributed by atoms with Crippen LogP contribution in [0.3, 0.4) is 0 Å². The number of nitrogens with one attached hydrogen (secondary N) is 1. The minimum absolute atomic E-state index is 0.0658. The van der Waals surface area contributed by atoms with Gasteiger partial charge in [-0.25, -0.2) is 0 Å². The number of ether oxygens (including phenoxy) is 4. The monoisotopic (exact) mass is 705 g/mol. The van der Waals surface area contributed by atoms with Gasteiger partial charge in [-0.1, -0.05) is 51.0 Å². The van der Waals surface area contributed by atoms with Gasteiger partial charge in [0.2, 0.25) is 0 Å². The molecule has 3 saturated heterocycles. The number of allylic oxidation sites excluding steroid dienone is 3. The number of aliphatic hydroxyl groups excluding tert-OH is 6. The lowest BCUT2D eigenvalue weighted by Crippen LogP contribution is -2.64. The van der Waals surface area contributed by atoms with Crippen molar-refractivity contribution < 1.29 is 49.6 Å². The molecule has 3 aliphatic heterocycles. The number of hydrogen-bond acceptors (Lipinski definition) is 11. The van der Waals surface area contributed by atoms with Crippen LogP contribution < -0.4 is 5.32 Å². The number of hydrogen-bond donors (Lipinski definition) is 7. The van der Waals surface area contributed by atoms with E-state index >= 15 is 0 Å². The molecule has 0 aromatic carbocycles. The zero-order valence-corrected chi connectivity index (χ0v) is 30.6. The van der Waals surface area contributed by atoms with Crippen LogP contribution in [-0.2, 0) is 18.9 Å². The maximum atomic E-state index is 11.1. The molecule has 3 heterocycles. The van der Waals surface area contributed by atoms with Crippen molar-refractivity contribution in [3.8, 4) is 0 Å². The molecule has 2 saturated carbocycles. The van der Waals surface area contributed by atoms with Gasteiger partial charge in [0.05, 0.1) is 18.8 Å². The van der Waals surface area contributed by atoms with Crippen LogP contribution in [0, 0.1) is 40.4 Å². The first kappa shape index (κ1) is 37.4. The summed E-state index contributed by atoms with van der Waals surface area (Å²) in [5.74, 6) is 3.25. The highest BCUT2D eigenvalue weighted by Gasteiger charge is 2.57. The third kappa shape index (κ3) is 6.38. The van der Waals surface area contributed by atoms with Gasteiger partial charge in [0.1, 0.15) is 42.7 Å². The number of fused-ring (bicyclic) bond motifs is 5. The van der Waals surface area contributed by atoms with Gasteiger partial charge in [-0.15, -0.1) is 0 Å². The van der Waals surface area contributed by atoms with E-state index < -0.39 is 68.0 Å². The molecule has 0 bridgehead atoms. The van der Waals surface area contributed by atoms with E-state index in [9.17, 15) is 30.6 Å². The van der Waals surface area contributed by atoms with E-state index in [4.69, 9.17) is 18.9 Å². The maximum absolute atomic E-state index is 11.1. The largest absolute Gasteiger partial charge is 0.394 e. The van der Waals surface area contributed by atoms with Crippen molar-refractivity contribution in [1.29, 1.82) is 0 Å². The summed E-state index contributed by atoms with van der Waals surface area (Å²) in [7, 11) is 0. The Morgan fingerprint density at radius 2 is 1.64 bits per heavy atom. The first-order valence-corrected chi connectivity index (χ1v) is 19.5. The summed E-state index contributed by atoms with van der Waals surface area (Å²) in [5.41, 5.74) is 3.46. The van der Waals surface area contributed by atoms with E-state index in [0.29, 0.717) is 36.1 Å². The molecule has 4 aliphatic carbocycles. The Labute approximate surface area is 297 Å². The smallest absolute Gasteiger partial charge is 0.187 e. The average molecular weight is 706 g/mol. The molecule has 7 N–H and O–H groups in total. The van der Waals surface area contributed by atoms with Gasteiger partial charge >= 0.3 is 0 Å². The minimum atomic E-state index is -1.60. The Bertz CT molecular complexity index is 1270. The molecule has 7 rings (SSSR count). The lowest BCUT2D eigenvalue weighted by molar-refractivity contribution is -0.369. The Balaban J connectivity index is 1.04. The predicted octanol–water partition coefficient (Wildman–Crippen LogP) is 2.55. The van der Waals surface area contributed by atoms with Crippen molar-refractivity contribution in [2.45, 2.75) is 166 Å². The van der Waals surface area contributed by atoms with Gasteiger partial charge in [-0.3, -0.25) is 0 Å². The van der Waals surface area contributed by atoms with Crippen LogP contribution in [0.15, 0.2) is 23.3 Å². The van der Waals surface area contributed by atoms with Gasteiger partial charge in [0.25, 0.3) is 0 Å². The quantitative estimate of drug-likeness (QED) is 0.194. The number of rotatable bonds is 7. The second-order valence-electron chi connectivity index (χ2n) is 17.6. The Kier molecular flexibility index (Phi) is 10.7. The van der Waals surface area contributed by atoms with E-state index in [0.717, 1.165) is 38.1 Å². The van der Waals surface area contributed by atoms with Gasteiger partial charge in [0.15, 0.2) is 12.6 Å². The summed E-state index contributed by atoms with van der Waals surface area (Å²) in [6.45, 7) is 12.0. The molecule has 0 radical (unpaired) electrons. The van der Waals surface area contributed by atoms with Crippen LogP contribution in [0.25, 0.3) is 0 Å². The van der Waals surface area contributed by atoms with Crippen LogP contribution in [0.2, 0.25) is 0 Å². The summed E-state index contributed by atoms with van der Waals surface area (Å²) < 4.78 is 24.1. The van der Waals surface area contributed by atoms with Gasteiger partial charge < -0.3 is 54.9 Å². The topological polar surface area (TPSA) is 170 Å².